The first-order valence-electron chi connectivity index (χ1n) is 6.41. The van der Waals surface area contributed by atoms with E-state index in [1.54, 1.807) is 12.5 Å². The molecular formula is C15H18N2O. The van der Waals surface area contributed by atoms with Gasteiger partial charge in [-0.15, -0.1) is 0 Å². The molecule has 3 rings (SSSR count). The topological polar surface area (TPSA) is 51.2 Å². The zero-order valence-electron chi connectivity index (χ0n) is 10.3. The van der Waals surface area contributed by atoms with E-state index >= 15 is 0 Å². The van der Waals surface area contributed by atoms with Crippen molar-refractivity contribution in [3.63, 3.8) is 0 Å². The van der Waals surface area contributed by atoms with Gasteiger partial charge >= 0.3 is 0 Å². The number of fused-ring (bicyclic) bond motifs is 1. The Labute approximate surface area is 107 Å². The van der Waals surface area contributed by atoms with E-state index in [1.165, 1.54) is 16.7 Å². The highest BCUT2D eigenvalue weighted by Crippen LogP contribution is 2.29. The lowest BCUT2D eigenvalue weighted by molar-refractivity contribution is 0.366. The molecule has 0 saturated carbocycles. The van der Waals surface area contributed by atoms with Gasteiger partial charge in [0, 0.05) is 6.04 Å². The van der Waals surface area contributed by atoms with Crippen LogP contribution in [0.15, 0.2) is 47.3 Å². The Hall–Kier alpha value is -1.58. The monoisotopic (exact) mass is 242 g/mol. The summed E-state index contributed by atoms with van der Waals surface area (Å²) in [4.78, 5) is 0. The summed E-state index contributed by atoms with van der Waals surface area (Å²) in [5.41, 5.74) is 7.11. The van der Waals surface area contributed by atoms with Crippen LogP contribution in [0.2, 0.25) is 0 Å². The summed E-state index contributed by atoms with van der Waals surface area (Å²) in [6, 6.07) is 11.0. The van der Waals surface area contributed by atoms with Gasteiger partial charge in [-0.1, -0.05) is 24.3 Å². The van der Waals surface area contributed by atoms with Gasteiger partial charge in [0.05, 0.1) is 12.5 Å². The Morgan fingerprint density at radius 1 is 1.22 bits per heavy atom. The zero-order chi connectivity index (χ0) is 12.4. The van der Waals surface area contributed by atoms with E-state index in [4.69, 9.17) is 10.3 Å². The zero-order valence-corrected chi connectivity index (χ0v) is 10.3. The van der Waals surface area contributed by atoms with Gasteiger partial charge < -0.3 is 4.42 Å². The maximum absolute atomic E-state index is 5.72. The summed E-state index contributed by atoms with van der Waals surface area (Å²) in [6.45, 7) is 0. The van der Waals surface area contributed by atoms with Crippen molar-refractivity contribution in [2.75, 3.05) is 0 Å². The molecule has 1 aromatic heterocycles. The first kappa shape index (κ1) is 11.5. The van der Waals surface area contributed by atoms with Gasteiger partial charge in [-0.3, -0.25) is 11.3 Å². The van der Waals surface area contributed by atoms with E-state index in [-0.39, 0.29) is 0 Å². The Morgan fingerprint density at radius 3 is 2.50 bits per heavy atom. The molecule has 0 radical (unpaired) electrons. The maximum atomic E-state index is 5.72. The highest BCUT2D eigenvalue weighted by atomic mass is 16.3. The summed E-state index contributed by atoms with van der Waals surface area (Å²) in [7, 11) is 0. The highest BCUT2D eigenvalue weighted by molar-refractivity contribution is 5.32. The van der Waals surface area contributed by atoms with E-state index in [1.807, 2.05) is 6.07 Å². The van der Waals surface area contributed by atoms with Gasteiger partial charge in [0.1, 0.15) is 0 Å². The average Bonchev–Trinajstić information content (AvgIpc) is 3.04. The van der Waals surface area contributed by atoms with Crippen molar-refractivity contribution in [2.24, 2.45) is 11.8 Å². The molecule has 3 nitrogen and oxygen atoms in total. The van der Waals surface area contributed by atoms with Crippen molar-refractivity contribution in [3.05, 3.63) is 59.5 Å². The molecule has 3 heteroatoms. The summed E-state index contributed by atoms with van der Waals surface area (Å²) in [5.74, 6) is 6.30. The first-order chi connectivity index (χ1) is 8.86. The Morgan fingerprint density at radius 2 is 1.94 bits per heavy atom. The van der Waals surface area contributed by atoms with Gasteiger partial charge in [-0.05, 0) is 47.9 Å². The fourth-order valence-electron chi connectivity index (χ4n) is 2.90. The van der Waals surface area contributed by atoms with Crippen LogP contribution in [0.3, 0.4) is 0 Å². The van der Waals surface area contributed by atoms with Crippen molar-refractivity contribution in [1.29, 1.82) is 0 Å². The van der Waals surface area contributed by atoms with E-state index in [0.717, 1.165) is 19.3 Å². The summed E-state index contributed by atoms with van der Waals surface area (Å²) < 4.78 is 5.12. The van der Waals surface area contributed by atoms with Crippen molar-refractivity contribution in [3.8, 4) is 0 Å². The molecule has 0 saturated heterocycles. The summed E-state index contributed by atoms with van der Waals surface area (Å²) >= 11 is 0. The van der Waals surface area contributed by atoms with Crippen molar-refractivity contribution >= 4 is 0 Å². The highest BCUT2D eigenvalue weighted by Gasteiger charge is 2.28. The third-order valence-electron chi connectivity index (χ3n) is 3.90. The van der Waals surface area contributed by atoms with E-state index in [2.05, 4.69) is 29.7 Å². The molecule has 94 valence electrons. The molecule has 2 aromatic rings. The summed E-state index contributed by atoms with van der Waals surface area (Å²) in [6.07, 6.45) is 6.66. The lowest BCUT2D eigenvalue weighted by Crippen LogP contribution is -2.42. The molecule has 0 fully saturated rings. The standard InChI is InChI=1S/C15H18N2O/c16-17-15(7-11-5-6-18-10-11)14-8-12-3-1-2-4-13(12)9-14/h1-6,10,14-15,17H,7-9,16H2. The number of hydrazine groups is 1. The van der Waals surface area contributed by atoms with Crippen molar-refractivity contribution in [2.45, 2.75) is 25.3 Å². The molecule has 1 unspecified atom stereocenters. The molecule has 0 aliphatic heterocycles. The summed E-state index contributed by atoms with van der Waals surface area (Å²) in [5, 5.41) is 0. The minimum atomic E-state index is 0.301. The molecule has 1 aromatic carbocycles. The normalized spacial score (nSPS) is 16.7. The van der Waals surface area contributed by atoms with Crippen LogP contribution in [0.1, 0.15) is 16.7 Å². The fourth-order valence-corrected chi connectivity index (χ4v) is 2.90. The van der Waals surface area contributed by atoms with E-state index in [9.17, 15) is 0 Å². The lowest BCUT2D eigenvalue weighted by Gasteiger charge is -2.21. The van der Waals surface area contributed by atoms with Crippen LogP contribution >= 0.6 is 0 Å². The second-order valence-corrected chi connectivity index (χ2v) is 5.05. The van der Waals surface area contributed by atoms with Crippen LogP contribution in [0, 0.1) is 5.92 Å². The third kappa shape index (κ3) is 2.19. The molecule has 1 aliphatic carbocycles. The molecule has 3 N–H and O–H groups in total. The predicted molar refractivity (Wildman–Crippen MR) is 70.9 cm³/mol. The minimum absolute atomic E-state index is 0.301. The quantitative estimate of drug-likeness (QED) is 0.637. The van der Waals surface area contributed by atoms with Gasteiger partial charge in [-0.2, -0.15) is 0 Å². The number of nitrogens with two attached hydrogens (primary N) is 1. The van der Waals surface area contributed by atoms with Gasteiger partial charge in [-0.25, -0.2) is 0 Å². The third-order valence-corrected chi connectivity index (χ3v) is 3.90. The Bertz CT molecular complexity index is 479. The van der Waals surface area contributed by atoms with Gasteiger partial charge in [0.2, 0.25) is 0 Å². The molecule has 0 bridgehead atoms. The van der Waals surface area contributed by atoms with Crippen LogP contribution in [0.5, 0.6) is 0 Å². The maximum Gasteiger partial charge on any atom is 0.0935 e. The van der Waals surface area contributed by atoms with Crippen LogP contribution < -0.4 is 11.3 Å². The largest absolute Gasteiger partial charge is 0.472 e. The van der Waals surface area contributed by atoms with Crippen LogP contribution in [-0.2, 0) is 19.3 Å². The molecule has 1 atom stereocenters. The number of rotatable bonds is 4. The SMILES string of the molecule is NNC(Cc1ccoc1)C1Cc2ccccc2C1. The second kappa shape index (κ2) is 4.96. The first-order valence-corrected chi connectivity index (χ1v) is 6.41. The van der Waals surface area contributed by atoms with Gasteiger partial charge in [0.15, 0.2) is 0 Å². The number of hydrogen-bond donors (Lipinski definition) is 2. The minimum Gasteiger partial charge on any atom is -0.472 e. The number of benzene rings is 1. The van der Waals surface area contributed by atoms with Crippen molar-refractivity contribution < 1.29 is 4.42 Å². The molecule has 0 spiro atoms. The molecular weight excluding hydrogens is 224 g/mol. The number of hydrogen-bond acceptors (Lipinski definition) is 3. The average molecular weight is 242 g/mol. The van der Waals surface area contributed by atoms with E-state index < -0.39 is 0 Å². The molecule has 1 aliphatic rings. The van der Waals surface area contributed by atoms with Crippen LogP contribution in [-0.4, -0.2) is 6.04 Å². The molecule has 0 amide bonds. The predicted octanol–water partition coefficient (Wildman–Crippen LogP) is 2.07. The Balaban J connectivity index is 1.71. The van der Waals surface area contributed by atoms with Crippen molar-refractivity contribution in [1.82, 2.24) is 5.43 Å². The lowest BCUT2D eigenvalue weighted by atomic mass is 9.92. The second-order valence-electron chi connectivity index (χ2n) is 5.05. The smallest absolute Gasteiger partial charge is 0.0935 e. The number of nitrogens with one attached hydrogen (secondary N) is 1. The van der Waals surface area contributed by atoms with E-state index in [0.29, 0.717) is 12.0 Å². The Kier molecular flexibility index (Phi) is 3.17. The fraction of sp³-hybridized carbons (Fsp3) is 0.333. The molecule has 18 heavy (non-hydrogen) atoms. The van der Waals surface area contributed by atoms with Crippen LogP contribution in [0.25, 0.3) is 0 Å². The van der Waals surface area contributed by atoms with Crippen LogP contribution in [0.4, 0.5) is 0 Å². The molecule has 1 heterocycles. The number of furan rings is 1. The van der Waals surface area contributed by atoms with Gasteiger partial charge in [0.25, 0.3) is 0 Å².